The molecule has 2 aromatic rings. The van der Waals surface area contributed by atoms with Gasteiger partial charge in [-0.3, -0.25) is 9.48 Å². The molecule has 0 saturated heterocycles. The van der Waals surface area contributed by atoms with E-state index in [4.69, 9.17) is 10.2 Å². The van der Waals surface area contributed by atoms with Crippen molar-refractivity contribution in [1.82, 2.24) is 14.7 Å². The monoisotopic (exact) mass is 248 g/mol. The second kappa shape index (κ2) is 4.56. The Bertz CT molecular complexity index is 557. The lowest BCUT2D eigenvalue weighted by Gasteiger charge is -2.16. The lowest BCUT2D eigenvalue weighted by molar-refractivity contribution is 0.0765. The van der Waals surface area contributed by atoms with Gasteiger partial charge in [-0.05, 0) is 19.1 Å². The van der Waals surface area contributed by atoms with Gasteiger partial charge < -0.3 is 15.1 Å². The van der Waals surface area contributed by atoms with Crippen molar-refractivity contribution in [2.45, 2.75) is 13.5 Å². The molecule has 18 heavy (non-hydrogen) atoms. The Balaban J connectivity index is 2.20. The normalized spacial score (nSPS) is 10.6. The van der Waals surface area contributed by atoms with Crippen molar-refractivity contribution in [1.29, 1.82) is 0 Å². The fraction of sp³-hybridized carbons (Fsp3) is 0.333. The molecule has 2 rings (SSSR count). The molecule has 6 nitrogen and oxygen atoms in total. The Morgan fingerprint density at radius 1 is 1.61 bits per heavy atom. The number of carbonyl (C=O) groups excluding carboxylic acids is 1. The molecular formula is C12H16N4O2. The SMILES string of the molecule is Cc1nn(C)c(C(=O)N(C)Cc2ccco2)c1N. The molecule has 0 aliphatic heterocycles. The number of hydrogen-bond acceptors (Lipinski definition) is 4. The van der Waals surface area contributed by atoms with Crippen molar-refractivity contribution in [3.8, 4) is 0 Å². The molecule has 6 heteroatoms. The summed E-state index contributed by atoms with van der Waals surface area (Å²) < 4.78 is 6.71. The first-order valence-corrected chi connectivity index (χ1v) is 5.57. The molecule has 0 radical (unpaired) electrons. The van der Waals surface area contributed by atoms with Crippen LogP contribution in [-0.4, -0.2) is 27.6 Å². The summed E-state index contributed by atoms with van der Waals surface area (Å²) in [4.78, 5) is 13.8. The molecule has 0 fully saturated rings. The van der Waals surface area contributed by atoms with Crippen LogP contribution in [0.1, 0.15) is 21.9 Å². The smallest absolute Gasteiger partial charge is 0.274 e. The van der Waals surface area contributed by atoms with Gasteiger partial charge >= 0.3 is 0 Å². The van der Waals surface area contributed by atoms with Gasteiger partial charge in [0.1, 0.15) is 11.5 Å². The minimum Gasteiger partial charge on any atom is -0.467 e. The number of aromatic nitrogens is 2. The largest absolute Gasteiger partial charge is 0.467 e. The molecular weight excluding hydrogens is 232 g/mol. The van der Waals surface area contributed by atoms with E-state index in [1.54, 1.807) is 38.2 Å². The summed E-state index contributed by atoms with van der Waals surface area (Å²) in [5, 5.41) is 4.13. The van der Waals surface area contributed by atoms with Crippen LogP contribution < -0.4 is 5.73 Å². The van der Waals surface area contributed by atoms with Gasteiger partial charge in [-0.1, -0.05) is 0 Å². The molecule has 1 amide bonds. The van der Waals surface area contributed by atoms with E-state index in [2.05, 4.69) is 5.10 Å². The molecule has 2 heterocycles. The molecule has 0 bridgehead atoms. The first-order chi connectivity index (χ1) is 8.50. The number of furan rings is 1. The highest BCUT2D eigenvalue weighted by Crippen LogP contribution is 2.17. The third-order valence-electron chi connectivity index (χ3n) is 2.79. The van der Waals surface area contributed by atoms with Crippen molar-refractivity contribution in [2.24, 2.45) is 7.05 Å². The van der Waals surface area contributed by atoms with Gasteiger partial charge in [-0.25, -0.2) is 0 Å². The van der Waals surface area contributed by atoms with Gasteiger partial charge in [0.25, 0.3) is 5.91 Å². The summed E-state index contributed by atoms with van der Waals surface area (Å²) in [5.74, 6) is 0.551. The van der Waals surface area contributed by atoms with Crippen LogP contribution in [0.3, 0.4) is 0 Å². The number of carbonyl (C=O) groups is 1. The summed E-state index contributed by atoms with van der Waals surface area (Å²) in [6.07, 6.45) is 1.58. The highest BCUT2D eigenvalue weighted by atomic mass is 16.3. The van der Waals surface area contributed by atoms with Gasteiger partial charge in [0.2, 0.25) is 0 Å². The van der Waals surface area contributed by atoms with Gasteiger partial charge in [-0.15, -0.1) is 0 Å². The van der Waals surface area contributed by atoms with E-state index in [0.29, 0.717) is 23.6 Å². The summed E-state index contributed by atoms with van der Waals surface area (Å²) in [6.45, 7) is 2.17. The molecule has 0 aliphatic carbocycles. The molecule has 2 aromatic heterocycles. The average molecular weight is 248 g/mol. The van der Waals surface area contributed by atoms with Crippen LogP contribution in [-0.2, 0) is 13.6 Å². The summed E-state index contributed by atoms with van der Waals surface area (Å²) in [6, 6.07) is 3.61. The van der Waals surface area contributed by atoms with Crippen molar-refractivity contribution in [3.63, 3.8) is 0 Å². The summed E-state index contributed by atoms with van der Waals surface area (Å²) >= 11 is 0. The van der Waals surface area contributed by atoms with Crippen molar-refractivity contribution in [2.75, 3.05) is 12.8 Å². The van der Waals surface area contributed by atoms with Gasteiger partial charge in [0.05, 0.1) is 24.2 Å². The lowest BCUT2D eigenvalue weighted by Crippen LogP contribution is -2.28. The number of aryl methyl sites for hydroxylation is 2. The third kappa shape index (κ3) is 2.09. The first-order valence-electron chi connectivity index (χ1n) is 5.57. The highest BCUT2D eigenvalue weighted by molar-refractivity contribution is 5.97. The van der Waals surface area contributed by atoms with Crippen molar-refractivity contribution < 1.29 is 9.21 Å². The van der Waals surface area contributed by atoms with E-state index >= 15 is 0 Å². The van der Waals surface area contributed by atoms with E-state index in [1.807, 2.05) is 6.07 Å². The number of nitrogen functional groups attached to an aromatic ring is 1. The summed E-state index contributed by atoms with van der Waals surface area (Å²) in [5.41, 5.74) is 7.35. The van der Waals surface area contributed by atoms with Crippen LogP contribution in [0.25, 0.3) is 0 Å². The molecule has 0 unspecified atom stereocenters. The molecule has 0 atom stereocenters. The third-order valence-corrected chi connectivity index (χ3v) is 2.79. The molecule has 0 spiro atoms. The van der Waals surface area contributed by atoms with Crippen LogP contribution >= 0.6 is 0 Å². The Morgan fingerprint density at radius 2 is 2.33 bits per heavy atom. The number of rotatable bonds is 3. The molecule has 2 N–H and O–H groups in total. The second-order valence-electron chi connectivity index (χ2n) is 4.21. The quantitative estimate of drug-likeness (QED) is 0.884. The molecule has 0 aromatic carbocycles. The van der Waals surface area contributed by atoms with E-state index in [1.165, 1.54) is 4.68 Å². The van der Waals surface area contributed by atoms with Crippen molar-refractivity contribution >= 4 is 11.6 Å². The van der Waals surface area contributed by atoms with E-state index in [0.717, 1.165) is 5.76 Å². The Morgan fingerprint density at radius 3 is 2.83 bits per heavy atom. The Hall–Kier alpha value is -2.24. The fourth-order valence-corrected chi connectivity index (χ4v) is 1.82. The fourth-order valence-electron chi connectivity index (χ4n) is 1.82. The molecule has 0 saturated carbocycles. The highest BCUT2D eigenvalue weighted by Gasteiger charge is 2.21. The van der Waals surface area contributed by atoms with Crippen LogP contribution in [0.4, 0.5) is 5.69 Å². The lowest BCUT2D eigenvalue weighted by atomic mass is 10.2. The van der Waals surface area contributed by atoms with Crippen molar-refractivity contribution in [3.05, 3.63) is 35.5 Å². The van der Waals surface area contributed by atoms with E-state index in [9.17, 15) is 4.79 Å². The average Bonchev–Trinajstić information content (AvgIpc) is 2.88. The second-order valence-corrected chi connectivity index (χ2v) is 4.21. The minimum absolute atomic E-state index is 0.174. The van der Waals surface area contributed by atoms with Gasteiger partial charge in [0.15, 0.2) is 0 Å². The Kier molecular flexibility index (Phi) is 3.10. The summed E-state index contributed by atoms with van der Waals surface area (Å²) in [7, 11) is 3.41. The maximum absolute atomic E-state index is 12.3. The number of amides is 1. The Labute approximate surface area is 105 Å². The zero-order chi connectivity index (χ0) is 13.3. The van der Waals surface area contributed by atoms with Gasteiger partial charge in [-0.2, -0.15) is 5.10 Å². The maximum atomic E-state index is 12.3. The number of nitrogens with zero attached hydrogens (tertiary/aromatic N) is 3. The van der Waals surface area contributed by atoms with Crippen LogP contribution in [0.15, 0.2) is 22.8 Å². The number of anilines is 1. The molecule has 0 aliphatic rings. The van der Waals surface area contributed by atoms with Crippen LogP contribution in [0.2, 0.25) is 0 Å². The zero-order valence-corrected chi connectivity index (χ0v) is 10.7. The van der Waals surface area contributed by atoms with Crippen LogP contribution in [0, 0.1) is 6.92 Å². The van der Waals surface area contributed by atoms with E-state index < -0.39 is 0 Å². The predicted octanol–water partition coefficient (Wildman–Crippen LogP) is 1.18. The molecule has 96 valence electrons. The zero-order valence-electron chi connectivity index (χ0n) is 10.7. The van der Waals surface area contributed by atoms with E-state index in [-0.39, 0.29) is 5.91 Å². The number of hydrogen-bond donors (Lipinski definition) is 1. The standard InChI is InChI=1S/C12H16N4O2/c1-8-10(13)11(16(3)14-8)12(17)15(2)7-9-5-4-6-18-9/h4-6H,7,13H2,1-3H3. The maximum Gasteiger partial charge on any atom is 0.274 e. The van der Waals surface area contributed by atoms with Crippen LogP contribution in [0.5, 0.6) is 0 Å². The first kappa shape index (κ1) is 12.2. The van der Waals surface area contributed by atoms with Gasteiger partial charge in [0, 0.05) is 14.1 Å². The predicted molar refractivity (Wildman–Crippen MR) is 66.9 cm³/mol. The minimum atomic E-state index is -0.174. The topological polar surface area (TPSA) is 77.3 Å². The number of nitrogens with two attached hydrogens (primary N) is 1.